The number of methoxy groups -OCH3 is 3. The lowest BCUT2D eigenvalue weighted by Crippen LogP contribution is -2.63. The van der Waals surface area contributed by atoms with Gasteiger partial charge in [-0.2, -0.15) is 0 Å². The van der Waals surface area contributed by atoms with Gasteiger partial charge in [0.1, 0.15) is 42.5 Å². The molecule has 1 fully saturated rings. The van der Waals surface area contributed by atoms with E-state index in [1.165, 1.54) is 64.5 Å². The number of carbonyl (C=O) groups is 5. The Kier molecular flexibility index (Phi) is 11.2. The van der Waals surface area contributed by atoms with Gasteiger partial charge in [-0.3, -0.25) is 43.2 Å². The first kappa shape index (κ1) is 42.4. The number of pyridine rings is 1. The number of fused-ring (bicyclic) bond motifs is 6. The minimum atomic E-state index is -1.31. The van der Waals surface area contributed by atoms with Crippen LogP contribution in [0, 0.1) is 6.92 Å². The molecule has 2 unspecified atom stereocenters. The van der Waals surface area contributed by atoms with Gasteiger partial charge in [0.15, 0.2) is 10.9 Å². The molecule has 1 aliphatic heterocycles. The Bertz CT molecular complexity index is 3240. The van der Waals surface area contributed by atoms with Crippen LogP contribution in [0.3, 0.4) is 0 Å². The molecule has 0 radical (unpaired) electrons. The molecule has 320 valence electrons. The summed E-state index contributed by atoms with van der Waals surface area (Å²) in [6.45, 7) is 1.19. The molecular formula is C43H37N3O16. The molecule has 2 heterocycles. The lowest BCUT2D eigenvalue weighted by atomic mass is 9.92. The van der Waals surface area contributed by atoms with Crippen LogP contribution in [-0.2, 0) is 44.7 Å². The summed E-state index contributed by atoms with van der Waals surface area (Å²) in [4.78, 5) is 135. The van der Waals surface area contributed by atoms with Gasteiger partial charge in [-0.05, 0) is 38.1 Å². The van der Waals surface area contributed by atoms with Crippen molar-refractivity contribution in [3.8, 4) is 17.2 Å². The molecule has 1 aromatic heterocycles. The molecule has 0 bridgehead atoms. The van der Waals surface area contributed by atoms with E-state index in [2.05, 4.69) is 14.8 Å². The Hall–Kier alpha value is -7.70. The molecule has 7 rings (SSSR count). The summed E-state index contributed by atoms with van der Waals surface area (Å²) in [5, 5.41) is 11.2. The standard InChI is InChI=1S/C43H37N3O16/c1-18-15-23-32(42(56)45(18)17-26(47)46-16-24(44-41(55)19(46)2)43(57)62-14-12-28(49)59-4)38(53)30-21(35(23)50)9-10-22-31(30)39(54)33-34(40(22)60-5)37(52)29-20(36(33)51)7-6-8-25(29)61-13-11-27(48)58-3/h6-10,15,19,24,54H,11-14,16-17H2,1-5H3,(H,44,55). The normalized spacial score (nSPS) is 15.2. The molecule has 0 saturated carbocycles. The van der Waals surface area contributed by atoms with Crippen LogP contribution in [0.15, 0.2) is 60.4 Å². The number of aromatic hydroxyl groups is 1. The van der Waals surface area contributed by atoms with Crippen LogP contribution in [0.1, 0.15) is 25.5 Å². The fourth-order valence-corrected chi connectivity index (χ4v) is 7.87. The Morgan fingerprint density at radius 3 is 2.06 bits per heavy atom. The molecule has 62 heavy (non-hydrogen) atoms. The molecule has 1 saturated heterocycles. The van der Waals surface area contributed by atoms with Gasteiger partial charge in [0.2, 0.25) is 22.7 Å². The number of phenols is 1. The minimum absolute atomic E-state index is 0.0299. The summed E-state index contributed by atoms with van der Waals surface area (Å²) in [6.07, 6.45) is -0.406. The highest BCUT2D eigenvalue weighted by Gasteiger charge is 2.38. The number of piperazine rings is 1. The highest BCUT2D eigenvalue weighted by molar-refractivity contribution is 6.23. The van der Waals surface area contributed by atoms with Gasteiger partial charge in [-0.15, -0.1) is 0 Å². The fraction of sp³-hybridized carbons (Fsp3) is 0.302. The number of carbonyl (C=O) groups excluding carboxylic acids is 5. The van der Waals surface area contributed by atoms with E-state index in [-0.39, 0.29) is 87.5 Å². The predicted molar refractivity (Wildman–Crippen MR) is 221 cm³/mol. The number of rotatable bonds is 11. The first-order chi connectivity index (χ1) is 29.6. The molecule has 6 aromatic rings. The SMILES string of the molecule is COC(=O)CCOC(=O)C1CN(C(=O)Cn2c(C)cc3c(=O)c4ccc5c(OC)c6c(=O)c7c(OCCC(=O)OC)cccc7c(=O)c6c(O)c5c4c(=O)c3c2=O)C(C)C(=O)N1. The van der Waals surface area contributed by atoms with Gasteiger partial charge in [-0.1, -0.05) is 12.1 Å². The van der Waals surface area contributed by atoms with Crippen LogP contribution < -0.4 is 42.1 Å². The van der Waals surface area contributed by atoms with E-state index in [9.17, 15) is 53.1 Å². The highest BCUT2D eigenvalue weighted by atomic mass is 16.5. The Labute approximate surface area is 347 Å². The zero-order valence-corrected chi connectivity index (χ0v) is 33.8. The molecule has 2 atom stereocenters. The second-order valence-corrected chi connectivity index (χ2v) is 14.5. The Balaban J connectivity index is 1.37. The summed E-state index contributed by atoms with van der Waals surface area (Å²) in [6, 6.07) is 5.62. The third kappa shape index (κ3) is 6.89. The maximum Gasteiger partial charge on any atom is 0.330 e. The number of ether oxygens (including phenoxy) is 5. The van der Waals surface area contributed by atoms with Crippen molar-refractivity contribution in [2.45, 2.75) is 45.3 Å². The van der Waals surface area contributed by atoms with Crippen molar-refractivity contribution in [1.82, 2.24) is 14.8 Å². The monoisotopic (exact) mass is 851 g/mol. The van der Waals surface area contributed by atoms with Crippen molar-refractivity contribution in [1.29, 1.82) is 0 Å². The smallest absolute Gasteiger partial charge is 0.330 e. The van der Waals surface area contributed by atoms with Gasteiger partial charge < -0.3 is 43.6 Å². The van der Waals surface area contributed by atoms with Crippen molar-refractivity contribution in [2.75, 3.05) is 41.1 Å². The van der Waals surface area contributed by atoms with Crippen molar-refractivity contribution < 1.29 is 52.8 Å². The Morgan fingerprint density at radius 2 is 1.39 bits per heavy atom. The Morgan fingerprint density at radius 1 is 0.742 bits per heavy atom. The number of aromatic nitrogens is 1. The molecule has 19 heteroatoms. The third-order valence-electron chi connectivity index (χ3n) is 11.0. The number of amides is 2. The van der Waals surface area contributed by atoms with E-state index in [1.807, 2.05) is 0 Å². The van der Waals surface area contributed by atoms with Crippen LogP contribution in [-0.4, -0.2) is 97.5 Å². The van der Waals surface area contributed by atoms with Gasteiger partial charge in [0, 0.05) is 38.0 Å². The van der Waals surface area contributed by atoms with E-state index in [1.54, 1.807) is 0 Å². The average molecular weight is 852 g/mol. The maximum absolute atomic E-state index is 14.6. The van der Waals surface area contributed by atoms with Crippen LogP contribution in [0.4, 0.5) is 0 Å². The number of esters is 3. The number of phenolic OH excluding ortho intramolecular Hbond substituents is 1. The lowest BCUT2D eigenvalue weighted by Gasteiger charge is -2.37. The number of benzene rings is 5. The zero-order valence-electron chi connectivity index (χ0n) is 33.8. The molecule has 0 spiro atoms. The number of hydrogen-bond acceptors (Lipinski definition) is 16. The minimum Gasteiger partial charge on any atom is -0.506 e. The lowest BCUT2D eigenvalue weighted by molar-refractivity contribution is -0.156. The maximum atomic E-state index is 14.6. The first-order valence-electron chi connectivity index (χ1n) is 19.0. The van der Waals surface area contributed by atoms with Gasteiger partial charge in [0.05, 0.1) is 68.9 Å². The zero-order chi connectivity index (χ0) is 44.9. The largest absolute Gasteiger partial charge is 0.506 e. The number of hydrogen-bond donors (Lipinski definition) is 2. The first-order valence-corrected chi connectivity index (χ1v) is 19.0. The fourth-order valence-electron chi connectivity index (χ4n) is 7.87. The van der Waals surface area contributed by atoms with Crippen LogP contribution in [0.2, 0.25) is 0 Å². The summed E-state index contributed by atoms with van der Waals surface area (Å²) in [7, 11) is 3.56. The summed E-state index contributed by atoms with van der Waals surface area (Å²) in [5.41, 5.74) is -4.44. The van der Waals surface area contributed by atoms with Crippen molar-refractivity contribution in [3.05, 3.63) is 93.3 Å². The van der Waals surface area contributed by atoms with E-state index >= 15 is 0 Å². The number of nitrogens with one attached hydrogen (secondary N) is 1. The topological polar surface area (TPSA) is 257 Å². The van der Waals surface area contributed by atoms with Crippen LogP contribution in [0.25, 0.3) is 53.9 Å². The van der Waals surface area contributed by atoms with Crippen molar-refractivity contribution in [3.63, 3.8) is 0 Å². The van der Waals surface area contributed by atoms with Crippen molar-refractivity contribution in [2.24, 2.45) is 0 Å². The van der Waals surface area contributed by atoms with E-state index < -0.39 is 97.5 Å². The van der Waals surface area contributed by atoms with Gasteiger partial charge in [-0.25, -0.2) is 4.79 Å². The predicted octanol–water partition coefficient (Wildman–Crippen LogP) is 0.717. The van der Waals surface area contributed by atoms with Gasteiger partial charge in [0.25, 0.3) is 5.56 Å². The van der Waals surface area contributed by atoms with Crippen LogP contribution >= 0.6 is 0 Å². The summed E-state index contributed by atoms with van der Waals surface area (Å²) in [5.74, 6) is -4.74. The number of aryl methyl sites for hydroxylation is 1. The molecular weight excluding hydrogens is 814 g/mol. The second-order valence-electron chi connectivity index (χ2n) is 14.5. The molecule has 2 amide bonds. The summed E-state index contributed by atoms with van der Waals surface area (Å²) < 4.78 is 26.5. The molecule has 0 aliphatic carbocycles. The highest BCUT2D eigenvalue weighted by Crippen LogP contribution is 2.43. The quantitative estimate of drug-likeness (QED) is 0.0788. The average Bonchev–Trinajstić information content (AvgIpc) is 3.25. The molecule has 1 aliphatic rings. The molecule has 5 aromatic carbocycles. The van der Waals surface area contributed by atoms with Crippen LogP contribution in [0.5, 0.6) is 17.2 Å². The van der Waals surface area contributed by atoms with E-state index in [0.717, 1.165) is 16.6 Å². The number of nitrogens with zero attached hydrogens (tertiary/aromatic N) is 2. The van der Waals surface area contributed by atoms with E-state index in [4.69, 9.17) is 14.2 Å². The van der Waals surface area contributed by atoms with Crippen molar-refractivity contribution >= 4 is 83.6 Å². The second kappa shape index (κ2) is 16.4. The third-order valence-corrected chi connectivity index (χ3v) is 11.0. The molecule has 19 nitrogen and oxygen atoms in total. The molecule has 2 N–H and O–H groups in total. The van der Waals surface area contributed by atoms with Gasteiger partial charge >= 0.3 is 17.9 Å². The summed E-state index contributed by atoms with van der Waals surface area (Å²) >= 11 is 0. The van der Waals surface area contributed by atoms with E-state index in [0.29, 0.717) is 0 Å².